The SMILES string of the molecule is CC(C)N(CCNC(=O)NC(CC(=O)O)C(=O)O)C(C)C. The normalized spacial score (nSPS) is 12.5. The van der Waals surface area contributed by atoms with E-state index in [1.54, 1.807) is 0 Å². The van der Waals surface area contributed by atoms with Gasteiger partial charge in [0.15, 0.2) is 0 Å². The Morgan fingerprint density at radius 2 is 1.57 bits per heavy atom. The van der Waals surface area contributed by atoms with E-state index in [0.717, 1.165) is 0 Å². The smallest absolute Gasteiger partial charge is 0.326 e. The van der Waals surface area contributed by atoms with Crippen LogP contribution in [-0.2, 0) is 9.59 Å². The number of carboxylic acid groups (broad SMARTS) is 2. The molecule has 8 nitrogen and oxygen atoms in total. The molecule has 1 atom stereocenters. The van der Waals surface area contributed by atoms with Gasteiger partial charge in [-0.05, 0) is 27.7 Å². The minimum atomic E-state index is -1.44. The number of hydrogen-bond donors (Lipinski definition) is 4. The van der Waals surface area contributed by atoms with Gasteiger partial charge < -0.3 is 20.8 Å². The quantitative estimate of drug-likeness (QED) is 0.487. The Balaban J connectivity index is 4.24. The van der Waals surface area contributed by atoms with Crippen molar-refractivity contribution >= 4 is 18.0 Å². The van der Waals surface area contributed by atoms with Crippen LogP contribution in [0.5, 0.6) is 0 Å². The third-order valence-corrected chi connectivity index (χ3v) is 2.96. The van der Waals surface area contributed by atoms with E-state index in [9.17, 15) is 14.4 Å². The summed E-state index contributed by atoms with van der Waals surface area (Å²) in [4.78, 5) is 35.1. The Morgan fingerprint density at radius 3 is 1.95 bits per heavy atom. The molecule has 0 aliphatic heterocycles. The van der Waals surface area contributed by atoms with Crippen molar-refractivity contribution in [1.29, 1.82) is 0 Å². The van der Waals surface area contributed by atoms with Crippen molar-refractivity contribution in [3.8, 4) is 0 Å². The molecule has 8 heteroatoms. The molecule has 0 aromatic heterocycles. The van der Waals surface area contributed by atoms with E-state index in [1.807, 2.05) is 27.7 Å². The highest BCUT2D eigenvalue weighted by molar-refractivity contribution is 5.86. The number of nitrogens with zero attached hydrogens (tertiary/aromatic N) is 1. The van der Waals surface area contributed by atoms with Gasteiger partial charge in [-0.3, -0.25) is 9.69 Å². The highest BCUT2D eigenvalue weighted by Crippen LogP contribution is 2.03. The largest absolute Gasteiger partial charge is 0.481 e. The fourth-order valence-electron chi connectivity index (χ4n) is 2.00. The van der Waals surface area contributed by atoms with E-state index >= 15 is 0 Å². The molecule has 0 aliphatic carbocycles. The maximum absolute atomic E-state index is 11.6. The van der Waals surface area contributed by atoms with Crippen molar-refractivity contribution in [2.45, 2.75) is 52.2 Å². The molecular weight excluding hydrogens is 278 g/mol. The zero-order valence-corrected chi connectivity index (χ0v) is 12.9. The van der Waals surface area contributed by atoms with E-state index in [1.165, 1.54) is 0 Å². The summed E-state index contributed by atoms with van der Waals surface area (Å²) in [5.74, 6) is -2.66. The standard InChI is InChI=1S/C13H25N3O5/c1-8(2)16(9(3)4)6-5-14-13(21)15-10(12(19)20)7-11(17)18/h8-10H,5-7H2,1-4H3,(H,17,18)(H,19,20)(H2,14,15,21). The number of aliphatic carboxylic acids is 2. The molecule has 0 rings (SSSR count). The number of carbonyl (C=O) groups is 3. The summed E-state index contributed by atoms with van der Waals surface area (Å²) >= 11 is 0. The lowest BCUT2D eigenvalue weighted by Crippen LogP contribution is -2.49. The van der Waals surface area contributed by atoms with Gasteiger partial charge in [-0.1, -0.05) is 0 Å². The van der Waals surface area contributed by atoms with Crippen LogP contribution in [0.1, 0.15) is 34.1 Å². The molecule has 0 fully saturated rings. The Kier molecular flexibility index (Phi) is 8.37. The zero-order valence-electron chi connectivity index (χ0n) is 12.9. The van der Waals surface area contributed by atoms with E-state index in [-0.39, 0.29) is 0 Å². The molecule has 0 saturated carbocycles. The molecule has 4 N–H and O–H groups in total. The van der Waals surface area contributed by atoms with Crippen LogP contribution in [0.4, 0.5) is 4.79 Å². The van der Waals surface area contributed by atoms with Crippen LogP contribution in [0, 0.1) is 0 Å². The molecule has 0 aromatic carbocycles. The Bertz CT molecular complexity index is 363. The number of urea groups is 1. The maximum Gasteiger partial charge on any atom is 0.326 e. The van der Waals surface area contributed by atoms with Crippen LogP contribution in [0.25, 0.3) is 0 Å². The van der Waals surface area contributed by atoms with Gasteiger partial charge in [0.2, 0.25) is 0 Å². The molecule has 0 heterocycles. The summed E-state index contributed by atoms with van der Waals surface area (Å²) in [6.45, 7) is 9.17. The second kappa shape index (κ2) is 9.17. The molecule has 0 aliphatic rings. The lowest BCUT2D eigenvalue weighted by Gasteiger charge is -2.30. The summed E-state index contributed by atoms with van der Waals surface area (Å²) in [6, 6.07) is -1.47. The van der Waals surface area contributed by atoms with Gasteiger partial charge in [-0.2, -0.15) is 0 Å². The van der Waals surface area contributed by atoms with Gasteiger partial charge in [-0.25, -0.2) is 9.59 Å². The lowest BCUT2D eigenvalue weighted by molar-refractivity contribution is -0.145. The molecule has 0 saturated heterocycles. The lowest BCUT2D eigenvalue weighted by atomic mass is 10.2. The average molecular weight is 303 g/mol. The first-order chi connectivity index (χ1) is 9.65. The Morgan fingerprint density at radius 1 is 1.05 bits per heavy atom. The van der Waals surface area contributed by atoms with Crippen molar-refractivity contribution in [2.24, 2.45) is 0 Å². The first-order valence-corrected chi connectivity index (χ1v) is 6.89. The summed E-state index contributed by atoms with van der Waals surface area (Å²) in [7, 11) is 0. The topological polar surface area (TPSA) is 119 Å². The maximum atomic E-state index is 11.6. The number of rotatable bonds is 9. The fourth-order valence-corrected chi connectivity index (χ4v) is 2.00. The van der Waals surface area contributed by atoms with Crippen LogP contribution in [0.2, 0.25) is 0 Å². The summed E-state index contributed by atoms with van der Waals surface area (Å²) in [5.41, 5.74) is 0. The predicted octanol–water partition coefficient (Wildman–Crippen LogP) is 0.332. The zero-order chi connectivity index (χ0) is 16.6. The van der Waals surface area contributed by atoms with E-state index in [0.29, 0.717) is 25.2 Å². The molecule has 122 valence electrons. The van der Waals surface area contributed by atoms with Crippen molar-refractivity contribution in [2.75, 3.05) is 13.1 Å². The number of hydrogen-bond acceptors (Lipinski definition) is 4. The third-order valence-electron chi connectivity index (χ3n) is 2.96. The van der Waals surface area contributed by atoms with E-state index < -0.39 is 30.4 Å². The molecule has 0 spiro atoms. The first kappa shape index (κ1) is 19.2. The Hall–Kier alpha value is -1.83. The minimum Gasteiger partial charge on any atom is -0.481 e. The molecule has 1 unspecified atom stereocenters. The first-order valence-electron chi connectivity index (χ1n) is 6.89. The third kappa shape index (κ3) is 8.13. The van der Waals surface area contributed by atoms with Crippen LogP contribution in [0.15, 0.2) is 0 Å². The minimum absolute atomic E-state index is 0.327. The predicted molar refractivity (Wildman–Crippen MR) is 77.2 cm³/mol. The van der Waals surface area contributed by atoms with Gasteiger partial charge in [0.25, 0.3) is 0 Å². The highest BCUT2D eigenvalue weighted by Gasteiger charge is 2.23. The molecule has 21 heavy (non-hydrogen) atoms. The Labute approximate surface area is 124 Å². The van der Waals surface area contributed by atoms with Gasteiger partial charge in [0.05, 0.1) is 6.42 Å². The number of amides is 2. The van der Waals surface area contributed by atoms with Crippen LogP contribution in [0.3, 0.4) is 0 Å². The van der Waals surface area contributed by atoms with Gasteiger partial charge in [0, 0.05) is 25.2 Å². The monoisotopic (exact) mass is 303 g/mol. The van der Waals surface area contributed by atoms with Crippen molar-refractivity contribution < 1.29 is 24.6 Å². The van der Waals surface area contributed by atoms with Gasteiger partial charge in [0.1, 0.15) is 6.04 Å². The molecule has 0 aromatic rings. The van der Waals surface area contributed by atoms with Crippen molar-refractivity contribution in [1.82, 2.24) is 15.5 Å². The van der Waals surface area contributed by atoms with Crippen molar-refractivity contribution in [3.05, 3.63) is 0 Å². The van der Waals surface area contributed by atoms with Crippen LogP contribution >= 0.6 is 0 Å². The van der Waals surface area contributed by atoms with Crippen molar-refractivity contribution in [3.63, 3.8) is 0 Å². The summed E-state index contributed by atoms with van der Waals surface area (Å²) in [6.07, 6.45) is -0.660. The number of nitrogens with one attached hydrogen (secondary N) is 2. The van der Waals surface area contributed by atoms with Gasteiger partial charge in [-0.15, -0.1) is 0 Å². The van der Waals surface area contributed by atoms with Gasteiger partial charge >= 0.3 is 18.0 Å². The molecule has 2 amide bonds. The molecule has 0 bridgehead atoms. The van der Waals surface area contributed by atoms with Crippen LogP contribution in [-0.4, -0.2) is 64.3 Å². The average Bonchev–Trinajstić information content (AvgIpc) is 2.32. The highest BCUT2D eigenvalue weighted by atomic mass is 16.4. The van der Waals surface area contributed by atoms with E-state index in [2.05, 4.69) is 15.5 Å². The summed E-state index contributed by atoms with van der Waals surface area (Å²) in [5, 5.41) is 22.1. The van der Waals surface area contributed by atoms with E-state index in [4.69, 9.17) is 10.2 Å². The molecular formula is C13H25N3O5. The number of carboxylic acids is 2. The molecule has 0 radical (unpaired) electrons. The number of carbonyl (C=O) groups excluding carboxylic acids is 1. The summed E-state index contributed by atoms with van der Waals surface area (Å²) < 4.78 is 0. The fraction of sp³-hybridized carbons (Fsp3) is 0.769. The second-order valence-electron chi connectivity index (χ2n) is 5.31. The second-order valence-corrected chi connectivity index (χ2v) is 5.31. The van der Waals surface area contributed by atoms with Crippen LogP contribution < -0.4 is 10.6 Å².